The Labute approximate surface area is 136 Å². The Morgan fingerprint density at radius 1 is 1.18 bits per heavy atom. The van der Waals surface area contributed by atoms with E-state index in [1.54, 1.807) is 18.2 Å². The van der Waals surface area contributed by atoms with E-state index >= 15 is 0 Å². The van der Waals surface area contributed by atoms with Crippen LogP contribution >= 0.6 is 23.2 Å². The number of carbonyl (C=O) groups is 1. The Morgan fingerprint density at radius 3 is 2.27 bits per heavy atom. The molecule has 0 spiro atoms. The van der Waals surface area contributed by atoms with Gasteiger partial charge in [0.25, 0.3) is 0 Å². The number of halogens is 5. The molecule has 8 heteroatoms. The van der Waals surface area contributed by atoms with Gasteiger partial charge in [0, 0.05) is 31.2 Å². The molecule has 2 rings (SSSR count). The van der Waals surface area contributed by atoms with E-state index in [0.29, 0.717) is 23.1 Å². The van der Waals surface area contributed by atoms with Gasteiger partial charge in [0.05, 0.1) is 10.7 Å². The Bertz CT molecular complexity index is 558. The molecule has 1 fully saturated rings. The van der Waals surface area contributed by atoms with Gasteiger partial charge in [-0.1, -0.05) is 23.2 Å². The van der Waals surface area contributed by atoms with Crippen molar-refractivity contribution in [3.05, 3.63) is 28.2 Å². The van der Waals surface area contributed by atoms with Gasteiger partial charge in [-0.05, 0) is 25.1 Å². The third-order valence-corrected chi connectivity index (χ3v) is 4.24. The molecule has 0 bridgehead atoms. The van der Waals surface area contributed by atoms with Gasteiger partial charge in [-0.25, -0.2) is 0 Å². The van der Waals surface area contributed by atoms with Gasteiger partial charge in [0.1, 0.15) is 5.92 Å². The fraction of sp³-hybridized carbons (Fsp3) is 0.500. The lowest BCUT2D eigenvalue weighted by Crippen LogP contribution is -2.51. The highest BCUT2D eigenvalue weighted by Gasteiger charge is 2.43. The van der Waals surface area contributed by atoms with Crippen LogP contribution in [0.4, 0.5) is 18.9 Å². The zero-order chi connectivity index (χ0) is 16.5. The van der Waals surface area contributed by atoms with Crippen LogP contribution in [0.2, 0.25) is 10.0 Å². The minimum Gasteiger partial charge on any atom is -0.367 e. The van der Waals surface area contributed by atoms with Crippen molar-refractivity contribution in [3.63, 3.8) is 0 Å². The predicted molar refractivity (Wildman–Crippen MR) is 80.5 cm³/mol. The van der Waals surface area contributed by atoms with E-state index in [1.807, 2.05) is 4.90 Å². The maximum absolute atomic E-state index is 12.6. The van der Waals surface area contributed by atoms with Crippen LogP contribution in [0.5, 0.6) is 0 Å². The van der Waals surface area contributed by atoms with Gasteiger partial charge in [-0.2, -0.15) is 13.2 Å². The van der Waals surface area contributed by atoms with E-state index in [-0.39, 0.29) is 13.1 Å². The van der Waals surface area contributed by atoms with Crippen molar-refractivity contribution in [1.82, 2.24) is 4.90 Å². The number of anilines is 1. The molecule has 0 saturated carbocycles. The van der Waals surface area contributed by atoms with Gasteiger partial charge in [0.2, 0.25) is 5.91 Å². The molecule has 1 aromatic rings. The van der Waals surface area contributed by atoms with Gasteiger partial charge < -0.3 is 9.80 Å². The van der Waals surface area contributed by atoms with E-state index < -0.39 is 18.0 Å². The van der Waals surface area contributed by atoms with Crippen LogP contribution in [0, 0.1) is 5.92 Å². The van der Waals surface area contributed by atoms with Gasteiger partial charge in [0.15, 0.2) is 0 Å². The number of hydrogen-bond donors (Lipinski definition) is 0. The molecule has 1 aliphatic heterocycles. The lowest BCUT2D eigenvalue weighted by atomic mass is 10.1. The highest BCUT2D eigenvalue weighted by molar-refractivity contribution is 6.36. The number of nitrogens with zero attached hydrogens (tertiary/aromatic N) is 2. The zero-order valence-corrected chi connectivity index (χ0v) is 13.3. The second-order valence-corrected chi connectivity index (χ2v) is 6.02. The minimum atomic E-state index is -4.51. The second-order valence-electron chi connectivity index (χ2n) is 5.17. The summed E-state index contributed by atoms with van der Waals surface area (Å²) in [6.07, 6.45) is -4.51. The monoisotopic (exact) mass is 354 g/mol. The molecule has 1 heterocycles. The van der Waals surface area contributed by atoms with Crippen molar-refractivity contribution < 1.29 is 18.0 Å². The molecule has 1 aliphatic rings. The van der Waals surface area contributed by atoms with Crippen LogP contribution in [0.3, 0.4) is 0 Å². The van der Waals surface area contributed by atoms with Gasteiger partial charge in [-0.3, -0.25) is 4.79 Å². The van der Waals surface area contributed by atoms with Crippen LogP contribution < -0.4 is 4.90 Å². The maximum Gasteiger partial charge on any atom is 0.400 e. The number of piperazine rings is 1. The Balaban J connectivity index is 2.00. The average Bonchev–Trinajstić information content (AvgIpc) is 2.45. The first kappa shape index (κ1) is 17.2. The number of hydrogen-bond acceptors (Lipinski definition) is 2. The number of alkyl halides is 3. The molecule has 0 N–H and O–H groups in total. The Morgan fingerprint density at radius 2 is 1.77 bits per heavy atom. The maximum atomic E-state index is 12.6. The number of carbonyl (C=O) groups excluding carboxylic acids is 1. The molecule has 1 atom stereocenters. The summed E-state index contributed by atoms with van der Waals surface area (Å²) in [7, 11) is 0. The highest BCUT2D eigenvalue weighted by Crippen LogP contribution is 2.31. The quantitative estimate of drug-likeness (QED) is 0.805. The molecule has 1 aromatic carbocycles. The van der Waals surface area contributed by atoms with Crippen molar-refractivity contribution in [2.75, 3.05) is 31.1 Å². The predicted octanol–water partition coefficient (Wildman–Crippen LogP) is 3.84. The summed E-state index contributed by atoms with van der Waals surface area (Å²) < 4.78 is 37.8. The van der Waals surface area contributed by atoms with Crippen LogP contribution in [0.25, 0.3) is 0 Å². The fourth-order valence-electron chi connectivity index (χ4n) is 2.32. The highest BCUT2D eigenvalue weighted by atomic mass is 35.5. The van der Waals surface area contributed by atoms with E-state index in [2.05, 4.69) is 0 Å². The number of amides is 1. The number of benzene rings is 1. The second kappa shape index (κ2) is 6.54. The summed E-state index contributed by atoms with van der Waals surface area (Å²) in [6, 6.07) is 5.08. The fourth-order valence-corrected chi connectivity index (χ4v) is 2.85. The summed E-state index contributed by atoms with van der Waals surface area (Å²) in [5.41, 5.74) is 0.766. The van der Waals surface area contributed by atoms with Crippen molar-refractivity contribution in [3.8, 4) is 0 Å². The summed E-state index contributed by atoms with van der Waals surface area (Å²) >= 11 is 12.0. The minimum absolute atomic E-state index is 0.234. The molecule has 0 aliphatic carbocycles. The van der Waals surface area contributed by atoms with Crippen LogP contribution in [0.1, 0.15) is 6.92 Å². The van der Waals surface area contributed by atoms with Gasteiger partial charge >= 0.3 is 6.18 Å². The van der Waals surface area contributed by atoms with Crippen LogP contribution in [-0.4, -0.2) is 43.2 Å². The van der Waals surface area contributed by atoms with Crippen molar-refractivity contribution >= 4 is 34.8 Å². The standard InChI is InChI=1S/C14H15Cl2F3N2O/c1-9(14(17,18)19)13(22)21-6-4-20(5-7-21)12-3-2-10(15)8-11(12)16/h2-3,8-9H,4-7H2,1H3. The summed E-state index contributed by atoms with van der Waals surface area (Å²) in [6.45, 7) is 2.22. The smallest absolute Gasteiger partial charge is 0.367 e. The topological polar surface area (TPSA) is 23.6 Å². The van der Waals surface area contributed by atoms with Crippen molar-refractivity contribution in [2.45, 2.75) is 13.1 Å². The van der Waals surface area contributed by atoms with Crippen molar-refractivity contribution in [2.24, 2.45) is 5.92 Å². The molecule has 22 heavy (non-hydrogen) atoms. The first-order valence-electron chi connectivity index (χ1n) is 6.75. The molecule has 1 saturated heterocycles. The normalized spacial score (nSPS) is 17.5. The average molecular weight is 355 g/mol. The molecule has 1 unspecified atom stereocenters. The molecular formula is C14H15Cl2F3N2O. The SMILES string of the molecule is CC(C(=O)N1CCN(c2ccc(Cl)cc2Cl)CC1)C(F)(F)F. The van der Waals surface area contributed by atoms with Crippen molar-refractivity contribution in [1.29, 1.82) is 0 Å². The summed E-state index contributed by atoms with van der Waals surface area (Å²) in [4.78, 5) is 15.0. The molecule has 0 aromatic heterocycles. The first-order chi connectivity index (χ1) is 10.2. The Hall–Kier alpha value is -1.14. The van der Waals surface area contributed by atoms with E-state index in [1.165, 1.54) is 4.90 Å². The third-order valence-electron chi connectivity index (χ3n) is 3.70. The van der Waals surface area contributed by atoms with E-state index in [9.17, 15) is 18.0 Å². The van der Waals surface area contributed by atoms with Crippen LogP contribution in [0.15, 0.2) is 18.2 Å². The summed E-state index contributed by atoms with van der Waals surface area (Å²) in [5.74, 6) is -2.85. The zero-order valence-electron chi connectivity index (χ0n) is 11.8. The number of rotatable bonds is 2. The van der Waals surface area contributed by atoms with E-state index in [0.717, 1.165) is 12.6 Å². The molecule has 1 amide bonds. The molecule has 0 radical (unpaired) electrons. The molecule has 3 nitrogen and oxygen atoms in total. The van der Waals surface area contributed by atoms with Gasteiger partial charge in [-0.15, -0.1) is 0 Å². The lowest BCUT2D eigenvalue weighted by Gasteiger charge is -2.37. The van der Waals surface area contributed by atoms with E-state index in [4.69, 9.17) is 23.2 Å². The summed E-state index contributed by atoms with van der Waals surface area (Å²) in [5, 5.41) is 0.998. The van der Waals surface area contributed by atoms with Crippen LogP contribution in [-0.2, 0) is 4.79 Å². The Kier molecular flexibility index (Phi) is 5.12. The molecule has 122 valence electrons. The first-order valence-corrected chi connectivity index (χ1v) is 7.51. The molecular weight excluding hydrogens is 340 g/mol. The lowest BCUT2D eigenvalue weighted by molar-refractivity contribution is -0.185. The largest absolute Gasteiger partial charge is 0.400 e. The third kappa shape index (κ3) is 3.79.